The summed E-state index contributed by atoms with van der Waals surface area (Å²) in [5.41, 5.74) is 2.84. The molecule has 1 aromatic carbocycles. The van der Waals surface area contributed by atoms with Crippen molar-refractivity contribution in [2.24, 2.45) is 0 Å². The van der Waals surface area contributed by atoms with Crippen LogP contribution in [-0.2, 0) is 37.8 Å². The van der Waals surface area contributed by atoms with Gasteiger partial charge in [-0.1, -0.05) is 12.1 Å². The number of nitrogens with one attached hydrogen (secondary N) is 1. The van der Waals surface area contributed by atoms with Crippen molar-refractivity contribution in [3.63, 3.8) is 0 Å². The Balaban J connectivity index is 1.60. The molecule has 0 aromatic heterocycles. The number of piperazine rings is 1. The molecule has 1 amide bonds. The summed E-state index contributed by atoms with van der Waals surface area (Å²) < 4.78 is 50.3. The highest BCUT2D eigenvalue weighted by Gasteiger charge is 2.28. The van der Waals surface area contributed by atoms with E-state index in [2.05, 4.69) is 5.32 Å². The van der Waals surface area contributed by atoms with Crippen molar-refractivity contribution in [2.75, 3.05) is 56.6 Å². The molecule has 162 valence electrons. The predicted molar refractivity (Wildman–Crippen MR) is 112 cm³/mol. The lowest BCUT2D eigenvalue weighted by Crippen LogP contribution is -2.51. The number of rotatable bonds is 6. The average Bonchev–Trinajstić information content (AvgIpc) is 2.71. The van der Waals surface area contributed by atoms with Gasteiger partial charge in [0.25, 0.3) is 0 Å². The Hall–Kier alpha value is -1.69. The van der Waals surface area contributed by atoms with Crippen LogP contribution in [0.5, 0.6) is 0 Å². The molecule has 0 spiro atoms. The molecule has 3 rings (SSSR count). The van der Waals surface area contributed by atoms with Gasteiger partial charge in [-0.3, -0.25) is 4.79 Å². The number of amides is 1. The summed E-state index contributed by atoms with van der Waals surface area (Å²) in [5, 5.41) is 3.19. The summed E-state index contributed by atoms with van der Waals surface area (Å²) in [6.45, 7) is 3.93. The van der Waals surface area contributed by atoms with E-state index in [1.165, 1.54) is 14.9 Å². The molecule has 0 unspecified atom stereocenters. The molecule has 1 aromatic rings. The molecule has 0 radical (unpaired) electrons. The summed E-state index contributed by atoms with van der Waals surface area (Å²) in [6, 6.07) is 5.68. The van der Waals surface area contributed by atoms with Gasteiger partial charge in [-0.15, -0.1) is 0 Å². The maximum Gasteiger partial charge on any atom is 0.241 e. The minimum Gasteiger partial charge on any atom is -0.376 e. The van der Waals surface area contributed by atoms with Crippen molar-refractivity contribution in [2.45, 2.75) is 19.9 Å². The van der Waals surface area contributed by atoms with E-state index < -0.39 is 20.0 Å². The molecule has 1 fully saturated rings. The maximum atomic E-state index is 12.5. The van der Waals surface area contributed by atoms with Gasteiger partial charge in [-0.05, 0) is 30.5 Å². The first-order valence-corrected chi connectivity index (χ1v) is 13.1. The molecule has 11 heteroatoms. The third kappa shape index (κ3) is 5.08. The fourth-order valence-electron chi connectivity index (χ4n) is 3.72. The lowest BCUT2D eigenvalue weighted by Gasteiger charge is -2.33. The number of carbonyl (C=O) groups excluding carboxylic acids is 1. The largest absolute Gasteiger partial charge is 0.376 e. The Bertz CT molecular complexity index is 970. The monoisotopic (exact) mass is 444 g/mol. The molecule has 9 nitrogen and oxygen atoms in total. The van der Waals surface area contributed by atoms with E-state index in [1.807, 2.05) is 18.2 Å². The van der Waals surface area contributed by atoms with E-state index in [0.29, 0.717) is 45.7 Å². The van der Waals surface area contributed by atoms with Crippen molar-refractivity contribution in [3.05, 3.63) is 29.3 Å². The van der Waals surface area contributed by atoms with E-state index in [-0.39, 0.29) is 18.2 Å². The number of hydrogen-bond donors (Lipinski definition) is 1. The SMILES string of the molecule is CCS(=O)(=O)N1CCc2c(cccc2NCC(=O)N2CCN(S(C)(=O)=O)CC2)C1. The van der Waals surface area contributed by atoms with Crippen LogP contribution >= 0.6 is 0 Å². The van der Waals surface area contributed by atoms with Gasteiger partial charge in [0.2, 0.25) is 26.0 Å². The van der Waals surface area contributed by atoms with Gasteiger partial charge >= 0.3 is 0 Å². The van der Waals surface area contributed by atoms with E-state index in [4.69, 9.17) is 0 Å². The van der Waals surface area contributed by atoms with Crippen molar-refractivity contribution < 1.29 is 21.6 Å². The van der Waals surface area contributed by atoms with Crippen molar-refractivity contribution >= 4 is 31.6 Å². The third-order valence-corrected chi connectivity index (χ3v) is 8.61. The van der Waals surface area contributed by atoms with Crippen molar-refractivity contribution in [1.82, 2.24) is 13.5 Å². The molecule has 1 saturated heterocycles. The van der Waals surface area contributed by atoms with Crippen molar-refractivity contribution in [3.8, 4) is 0 Å². The number of fused-ring (bicyclic) bond motifs is 1. The fourth-order valence-corrected chi connectivity index (χ4v) is 5.62. The molecule has 0 aliphatic carbocycles. The normalized spacial score (nSPS) is 19.0. The van der Waals surface area contributed by atoms with Crippen LogP contribution in [-0.4, -0.2) is 87.5 Å². The fraction of sp³-hybridized carbons (Fsp3) is 0.611. The molecule has 0 atom stereocenters. The van der Waals surface area contributed by atoms with E-state index in [1.54, 1.807) is 11.8 Å². The Morgan fingerprint density at radius 1 is 1.03 bits per heavy atom. The Morgan fingerprint density at radius 2 is 1.72 bits per heavy atom. The highest BCUT2D eigenvalue weighted by atomic mass is 32.2. The molecule has 2 heterocycles. The number of sulfonamides is 2. The Labute approximate surface area is 172 Å². The quantitative estimate of drug-likeness (QED) is 0.657. The first-order chi connectivity index (χ1) is 13.6. The number of hydrogen-bond acceptors (Lipinski definition) is 6. The van der Waals surface area contributed by atoms with Gasteiger partial charge in [0.1, 0.15) is 0 Å². The van der Waals surface area contributed by atoms with E-state index in [0.717, 1.165) is 16.8 Å². The first kappa shape index (κ1) is 22.0. The summed E-state index contributed by atoms with van der Waals surface area (Å²) in [7, 11) is -6.45. The number of anilines is 1. The van der Waals surface area contributed by atoms with Gasteiger partial charge in [-0.2, -0.15) is 8.61 Å². The molecule has 0 saturated carbocycles. The zero-order valence-corrected chi connectivity index (χ0v) is 18.4. The smallest absolute Gasteiger partial charge is 0.241 e. The topological polar surface area (TPSA) is 107 Å². The van der Waals surface area contributed by atoms with Crippen LogP contribution in [0.2, 0.25) is 0 Å². The second-order valence-electron chi connectivity index (χ2n) is 7.32. The summed E-state index contributed by atoms with van der Waals surface area (Å²) in [5.74, 6) is 0.00298. The van der Waals surface area contributed by atoms with E-state index in [9.17, 15) is 21.6 Å². The standard InChI is InChI=1S/C18H28N4O5S2/c1-3-29(26,27)22-8-7-16-15(14-22)5-4-6-17(16)19-13-18(23)20-9-11-21(12-10-20)28(2,24)25/h4-6,19H,3,7-14H2,1-2H3. The van der Waals surface area contributed by atoms with Crippen LogP contribution < -0.4 is 5.32 Å². The average molecular weight is 445 g/mol. The van der Waals surface area contributed by atoms with Crippen LogP contribution in [0.3, 0.4) is 0 Å². The lowest BCUT2D eigenvalue weighted by atomic mass is 9.99. The predicted octanol–water partition coefficient (Wildman–Crippen LogP) is -0.0899. The molecule has 1 N–H and O–H groups in total. The van der Waals surface area contributed by atoms with Crippen molar-refractivity contribution in [1.29, 1.82) is 0 Å². The minimum atomic E-state index is -3.23. The molecule has 0 bridgehead atoms. The van der Waals surface area contributed by atoms with Crippen LogP contribution in [0.1, 0.15) is 18.1 Å². The number of carbonyl (C=O) groups is 1. The summed E-state index contributed by atoms with van der Waals surface area (Å²) in [6.07, 6.45) is 1.77. The van der Waals surface area contributed by atoms with Crippen LogP contribution in [0, 0.1) is 0 Å². The Kier molecular flexibility index (Phi) is 6.51. The second kappa shape index (κ2) is 8.58. The van der Waals surface area contributed by atoms with Gasteiger partial charge in [0, 0.05) is 45.0 Å². The number of nitrogens with zero attached hydrogens (tertiary/aromatic N) is 3. The van der Waals surface area contributed by atoms with Gasteiger partial charge < -0.3 is 10.2 Å². The lowest BCUT2D eigenvalue weighted by molar-refractivity contribution is -0.130. The molecule has 2 aliphatic heterocycles. The Morgan fingerprint density at radius 3 is 2.34 bits per heavy atom. The highest BCUT2D eigenvalue weighted by Crippen LogP contribution is 2.27. The highest BCUT2D eigenvalue weighted by molar-refractivity contribution is 7.89. The summed E-state index contributed by atoms with van der Waals surface area (Å²) in [4.78, 5) is 14.2. The first-order valence-electron chi connectivity index (χ1n) is 9.67. The molecule has 29 heavy (non-hydrogen) atoms. The van der Waals surface area contributed by atoms with Gasteiger partial charge in [0.15, 0.2) is 0 Å². The molecule has 2 aliphatic rings. The van der Waals surface area contributed by atoms with Gasteiger partial charge in [0.05, 0.1) is 18.6 Å². The third-order valence-electron chi connectivity index (χ3n) is 5.48. The molecular weight excluding hydrogens is 416 g/mol. The van der Waals surface area contributed by atoms with Crippen LogP contribution in [0.25, 0.3) is 0 Å². The van der Waals surface area contributed by atoms with Crippen LogP contribution in [0.15, 0.2) is 18.2 Å². The zero-order valence-electron chi connectivity index (χ0n) is 16.8. The minimum absolute atomic E-state index is 0.0817. The van der Waals surface area contributed by atoms with Gasteiger partial charge in [-0.25, -0.2) is 16.8 Å². The maximum absolute atomic E-state index is 12.5. The van der Waals surface area contributed by atoms with Crippen LogP contribution in [0.4, 0.5) is 5.69 Å². The van der Waals surface area contributed by atoms with E-state index >= 15 is 0 Å². The molecular formula is C18H28N4O5S2. The number of benzene rings is 1. The second-order valence-corrected chi connectivity index (χ2v) is 11.6. The zero-order chi connectivity index (χ0) is 21.2. The summed E-state index contributed by atoms with van der Waals surface area (Å²) >= 11 is 0.